The Labute approximate surface area is 155 Å². The van der Waals surface area contributed by atoms with Crippen LogP contribution >= 0.6 is 28.1 Å². The van der Waals surface area contributed by atoms with Gasteiger partial charge in [-0.25, -0.2) is 8.78 Å². The van der Waals surface area contributed by atoms with Crippen LogP contribution in [0.2, 0.25) is 0 Å². The summed E-state index contributed by atoms with van der Waals surface area (Å²) in [5, 5.41) is 9.15. The van der Waals surface area contributed by atoms with E-state index in [1.165, 1.54) is 6.07 Å². The molecule has 0 amide bonds. The zero-order valence-corrected chi connectivity index (χ0v) is 15.0. The van der Waals surface area contributed by atoms with Crippen molar-refractivity contribution >= 4 is 38.9 Å². The Balaban J connectivity index is 1.61. The minimum atomic E-state index is -0.737. The normalized spacial score (nSPS) is 10.5. The topological polar surface area (TPSA) is 63.0 Å². The molecule has 0 saturated carbocycles. The molecule has 3 rings (SSSR count). The van der Waals surface area contributed by atoms with E-state index in [9.17, 15) is 8.78 Å². The van der Waals surface area contributed by atoms with Gasteiger partial charge in [-0.2, -0.15) is 4.98 Å². The van der Waals surface area contributed by atoms with Crippen LogP contribution in [0.3, 0.4) is 0 Å². The highest BCUT2D eigenvalue weighted by Gasteiger charge is 2.12. The van der Waals surface area contributed by atoms with Crippen molar-refractivity contribution in [2.45, 2.75) is 6.54 Å². The van der Waals surface area contributed by atoms with E-state index in [1.54, 1.807) is 0 Å². The van der Waals surface area contributed by atoms with Crippen molar-refractivity contribution in [3.63, 3.8) is 0 Å². The molecule has 0 spiro atoms. The maximum absolute atomic E-state index is 13.6. The standard InChI is InChI=1S/C16H11BrF2N4OS/c17-10-4-1-3-9(7-10)15-21-13(24-23-15)8-20-16(25)22-14-11(18)5-2-6-12(14)19/h1-7H,8H2,(H2,20,22,25). The molecule has 9 heteroatoms. The van der Waals surface area contributed by atoms with Crippen LogP contribution in [0.4, 0.5) is 14.5 Å². The highest BCUT2D eigenvalue weighted by Crippen LogP contribution is 2.20. The molecule has 5 nitrogen and oxygen atoms in total. The van der Waals surface area contributed by atoms with E-state index < -0.39 is 11.6 Å². The molecular weight excluding hydrogens is 414 g/mol. The molecule has 0 unspecified atom stereocenters. The van der Waals surface area contributed by atoms with Gasteiger partial charge in [0.2, 0.25) is 11.7 Å². The molecule has 2 N–H and O–H groups in total. The van der Waals surface area contributed by atoms with Crippen LogP contribution in [-0.4, -0.2) is 15.3 Å². The summed E-state index contributed by atoms with van der Waals surface area (Å²) in [5.74, 6) is -0.761. The SMILES string of the molecule is Fc1cccc(F)c1NC(=S)NCc1nc(-c2cccc(Br)c2)no1. The molecule has 0 radical (unpaired) electrons. The van der Waals surface area contributed by atoms with Gasteiger partial charge < -0.3 is 15.2 Å². The van der Waals surface area contributed by atoms with Crippen molar-refractivity contribution in [3.8, 4) is 11.4 Å². The first-order chi connectivity index (χ1) is 12.0. The predicted molar refractivity (Wildman–Crippen MR) is 96.9 cm³/mol. The van der Waals surface area contributed by atoms with E-state index in [4.69, 9.17) is 16.7 Å². The molecule has 0 bridgehead atoms. The molecule has 0 saturated heterocycles. The molecule has 3 aromatic rings. The monoisotopic (exact) mass is 424 g/mol. The number of nitrogens with zero attached hydrogens (tertiary/aromatic N) is 2. The van der Waals surface area contributed by atoms with Gasteiger partial charge in [-0.3, -0.25) is 0 Å². The molecule has 0 aliphatic carbocycles. The number of thiocarbonyl (C=S) groups is 1. The average Bonchev–Trinajstić information content (AvgIpc) is 3.06. The minimum Gasteiger partial charge on any atom is -0.353 e. The highest BCUT2D eigenvalue weighted by molar-refractivity contribution is 9.10. The third-order valence-corrected chi connectivity index (χ3v) is 3.89. The second-order valence-corrected chi connectivity index (χ2v) is 6.25. The Morgan fingerprint density at radius 2 is 1.88 bits per heavy atom. The van der Waals surface area contributed by atoms with E-state index in [0.29, 0.717) is 5.82 Å². The summed E-state index contributed by atoms with van der Waals surface area (Å²) < 4.78 is 33.2. The summed E-state index contributed by atoms with van der Waals surface area (Å²) in [7, 11) is 0. The largest absolute Gasteiger partial charge is 0.353 e. The van der Waals surface area contributed by atoms with Gasteiger partial charge in [0, 0.05) is 10.0 Å². The number of para-hydroxylation sites is 1. The first-order valence-electron chi connectivity index (χ1n) is 7.10. The Morgan fingerprint density at radius 3 is 2.60 bits per heavy atom. The lowest BCUT2D eigenvalue weighted by atomic mass is 10.2. The van der Waals surface area contributed by atoms with Crippen molar-refractivity contribution in [3.05, 3.63) is 64.5 Å². The highest BCUT2D eigenvalue weighted by atomic mass is 79.9. The number of benzene rings is 2. The first-order valence-corrected chi connectivity index (χ1v) is 8.30. The smallest absolute Gasteiger partial charge is 0.246 e. The fourth-order valence-electron chi connectivity index (χ4n) is 2.00. The number of hydrogen-bond donors (Lipinski definition) is 2. The van der Waals surface area contributed by atoms with Gasteiger partial charge in [0.1, 0.15) is 17.3 Å². The molecule has 0 aliphatic heterocycles. The maximum Gasteiger partial charge on any atom is 0.246 e. The Hall–Kier alpha value is -2.39. The Bertz CT molecular complexity index is 898. The number of aromatic nitrogens is 2. The molecule has 25 heavy (non-hydrogen) atoms. The van der Waals surface area contributed by atoms with Crippen molar-refractivity contribution in [1.29, 1.82) is 0 Å². The van der Waals surface area contributed by atoms with E-state index in [1.807, 2.05) is 24.3 Å². The number of anilines is 1. The summed E-state index contributed by atoms with van der Waals surface area (Å²) in [5.41, 5.74) is 0.471. The average molecular weight is 425 g/mol. The lowest BCUT2D eigenvalue weighted by Gasteiger charge is -2.10. The first kappa shape index (κ1) is 17.4. The third-order valence-electron chi connectivity index (χ3n) is 3.15. The summed E-state index contributed by atoms with van der Waals surface area (Å²) >= 11 is 8.39. The predicted octanol–water partition coefficient (Wildman–Crippen LogP) is 4.26. The van der Waals surface area contributed by atoms with Gasteiger partial charge in [-0.05, 0) is 36.5 Å². The molecule has 1 heterocycles. The summed E-state index contributed by atoms with van der Waals surface area (Å²) in [6.45, 7) is 0.114. The number of nitrogens with one attached hydrogen (secondary N) is 2. The molecular formula is C16H11BrF2N4OS. The van der Waals surface area contributed by atoms with E-state index >= 15 is 0 Å². The van der Waals surface area contributed by atoms with Crippen LogP contribution in [-0.2, 0) is 6.54 Å². The third kappa shape index (κ3) is 4.37. The van der Waals surface area contributed by atoms with E-state index in [2.05, 4.69) is 36.7 Å². The van der Waals surface area contributed by atoms with Crippen LogP contribution in [0.15, 0.2) is 51.5 Å². The van der Waals surface area contributed by atoms with Crippen LogP contribution in [0.5, 0.6) is 0 Å². The summed E-state index contributed by atoms with van der Waals surface area (Å²) in [6.07, 6.45) is 0. The quantitative estimate of drug-likeness (QED) is 0.609. The molecule has 1 aromatic heterocycles. The van der Waals surface area contributed by atoms with Crippen molar-refractivity contribution < 1.29 is 13.3 Å². The molecule has 2 aromatic carbocycles. The number of rotatable bonds is 4. The maximum atomic E-state index is 13.6. The van der Waals surface area contributed by atoms with Gasteiger partial charge in [0.05, 0.1) is 6.54 Å². The van der Waals surface area contributed by atoms with E-state index in [0.717, 1.165) is 22.2 Å². The minimum absolute atomic E-state index is 0.0335. The van der Waals surface area contributed by atoms with Gasteiger partial charge in [0.15, 0.2) is 5.11 Å². The fraction of sp³-hybridized carbons (Fsp3) is 0.0625. The lowest BCUT2D eigenvalue weighted by Crippen LogP contribution is -2.28. The zero-order valence-electron chi connectivity index (χ0n) is 12.6. The van der Waals surface area contributed by atoms with Crippen molar-refractivity contribution in [2.24, 2.45) is 0 Å². The molecule has 0 fully saturated rings. The van der Waals surface area contributed by atoms with Crippen LogP contribution in [0.1, 0.15) is 5.89 Å². The van der Waals surface area contributed by atoms with Gasteiger partial charge in [-0.1, -0.05) is 39.3 Å². The number of halogens is 3. The zero-order chi connectivity index (χ0) is 17.8. The second-order valence-electron chi connectivity index (χ2n) is 4.93. The van der Waals surface area contributed by atoms with E-state index in [-0.39, 0.29) is 23.2 Å². The van der Waals surface area contributed by atoms with Crippen molar-refractivity contribution in [1.82, 2.24) is 15.5 Å². The lowest BCUT2D eigenvalue weighted by molar-refractivity contribution is 0.376. The number of hydrogen-bond acceptors (Lipinski definition) is 4. The fourth-order valence-corrected chi connectivity index (χ4v) is 2.58. The Kier molecular flexibility index (Phi) is 5.34. The molecule has 128 valence electrons. The second kappa shape index (κ2) is 7.66. The molecule has 0 atom stereocenters. The van der Waals surface area contributed by atoms with Gasteiger partial charge >= 0.3 is 0 Å². The van der Waals surface area contributed by atoms with Crippen LogP contribution in [0, 0.1) is 11.6 Å². The Morgan fingerprint density at radius 1 is 1.16 bits per heavy atom. The summed E-state index contributed by atoms with van der Waals surface area (Å²) in [6, 6.07) is 11.0. The van der Waals surface area contributed by atoms with Crippen LogP contribution < -0.4 is 10.6 Å². The van der Waals surface area contributed by atoms with Crippen molar-refractivity contribution in [2.75, 3.05) is 5.32 Å². The molecule has 0 aliphatic rings. The van der Waals surface area contributed by atoms with Gasteiger partial charge in [-0.15, -0.1) is 0 Å². The van der Waals surface area contributed by atoms with Gasteiger partial charge in [0.25, 0.3) is 0 Å². The van der Waals surface area contributed by atoms with Crippen LogP contribution in [0.25, 0.3) is 11.4 Å². The summed E-state index contributed by atoms with van der Waals surface area (Å²) in [4.78, 5) is 4.24.